The number of anilines is 1. The van der Waals surface area contributed by atoms with Crippen molar-refractivity contribution in [3.05, 3.63) is 5.82 Å². The van der Waals surface area contributed by atoms with Gasteiger partial charge in [0.1, 0.15) is 6.61 Å². The fraction of sp³-hybridized carbons (Fsp3) is 0.429. The first kappa shape index (κ1) is 11.9. The molecule has 0 atom stereocenters. The van der Waals surface area contributed by atoms with Crippen molar-refractivity contribution in [1.82, 2.24) is 20.5 Å². The van der Waals surface area contributed by atoms with Crippen LogP contribution in [-0.4, -0.2) is 46.8 Å². The highest BCUT2D eigenvalue weighted by atomic mass is 16.5. The van der Waals surface area contributed by atoms with E-state index in [2.05, 4.69) is 20.5 Å². The lowest BCUT2D eigenvalue weighted by atomic mass is 10.5. The van der Waals surface area contributed by atoms with Gasteiger partial charge in [-0.15, -0.1) is 5.10 Å². The van der Waals surface area contributed by atoms with Gasteiger partial charge in [0.2, 0.25) is 17.7 Å². The lowest BCUT2D eigenvalue weighted by Crippen LogP contribution is -2.29. The van der Waals surface area contributed by atoms with Crippen molar-refractivity contribution in [2.45, 2.75) is 0 Å². The largest absolute Gasteiger partial charge is 0.370 e. The topological polar surface area (TPSA) is 149 Å². The maximum atomic E-state index is 11.3. The molecular formula is C7H12N6O3. The van der Waals surface area contributed by atoms with Crippen molar-refractivity contribution in [2.24, 2.45) is 5.73 Å². The number of nitrogens with zero attached hydrogens (tertiary/aromatic N) is 2. The van der Waals surface area contributed by atoms with Gasteiger partial charge in [-0.25, -0.2) is 0 Å². The summed E-state index contributed by atoms with van der Waals surface area (Å²) in [6.07, 6.45) is 0. The number of aromatic amines is 1. The van der Waals surface area contributed by atoms with E-state index in [4.69, 9.17) is 16.2 Å². The van der Waals surface area contributed by atoms with Crippen molar-refractivity contribution in [2.75, 3.05) is 25.5 Å². The van der Waals surface area contributed by atoms with Crippen LogP contribution in [0.1, 0.15) is 10.6 Å². The Morgan fingerprint density at radius 1 is 1.50 bits per heavy atom. The molecule has 0 aliphatic rings. The minimum atomic E-state index is -0.561. The summed E-state index contributed by atoms with van der Waals surface area (Å²) in [5, 5.41) is 8.33. The molecule has 2 amide bonds. The van der Waals surface area contributed by atoms with Crippen LogP contribution in [0.2, 0.25) is 0 Å². The summed E-state index contributed by atoms with van der Waals surface area (Å²) in [4.78, 5) is 25.2. The lowest BCUT2D eigenvalue weighted by Gasteiger charge is -2.02. The maximum absolute atomic E-state index is 11.3. The Labute approximate surface area is 90.5 Å². The first-order chi connectivity index (χ1) is 7.59. The fourth-order valence-electron chi connectivity index (χ4n) is 0.870. The van der Waals surface area contributed by atoms with Crippen molar-refractivity contribution in [3.63, 3.8) is 0 Å². The van der Waals surface area contributed by atoms with Gasteiger partial charge < -0.3 is 21.5 Å². The highest BCUT2D eigenvalue weighted by Gasteiger charge is 2.09. The van der Waals surface area contributed by atoms with E-state index in [0.29, 0.717) is 0 Å². The number of hydrogen-bond donors (Lipinski definition) is 4. The number of nitrogens with one attached hydrogen (secondary N) is 2. The molecule has 0 unspecified atom stereocenters. The molecule has 88 valence electrons. The Balaban J connectivity index is 2.18. The number of carbonyl (C=O) groups excluding carboxylic acids is 2. The van der Waals surface area contributed by atoms with Crippen LogP contribution in [-0.2, 0) is 9.53 Å². The van der Waals surface area contributed by atoms with Gasteiger partial charge in [0, 0.05) is 6.54 Å². The van der Waals surface area contributed by atoms with Crippen molar-refractivity contribution < 1.29 is 14.3 Å². The second-order valence-electron chi connectivity index (χ2n) is 2.82. The van der Waals surface area contributed by atoms with Gasteiger partial charge in [-0.1, -0.05) is 0 Å². The molecule has 9 nitrogen and oxygen atoms in total. The van der Waals surface area contributed by atoms with Crippen LogP contribution >= 0.6 is 0 Å². The number of aromatic nitrogens is 3. The van der Waals surface area contributed by atoms with Crippen LogP contribution in [0.15, 0.2) is 0 Å². The predicted molar refractivity (Wildman–Crippen MR) is 53.1 cm³/mol. The zero-order valence-electron chi connectivity index (χ0n) is 8.40. The molecular weight excluding hydrogens is 216 g/mol. The third-order valence-electron chi connectivity index (χ3n) is 1.49. The third-order valence-corrected chi connectivity index (χ3v) is 1.49. The van der Waals surface area contributed by atoms with Gasteiger partial charge >= 0.3 is 0 Å². The van der Waals surface area contributed by atoms with Crippen LogP contribution in [0.4, 0.5) is 5.95 Å². The average molecular weight is 228 g/mol. The molecule has 1 rings (SSSR count). The number of hydrogen-bond acceptors (Lipinski definition) is 6. The Hall–Kier alpha value is -2.16. The fourth-order valence-corrected chi connectivity index (χ4v) is 0.870. The van der Waals surface area contributed by atoms with Crippen LogP contribution in [0.5, 0.6) is 0 Å². The highest BCUT2D eigenvalue weighted by molar-refractivity contribution is 5.90. The SMILES string of the molecule is NC(=O)COCCNC(=O)c1nc(N)n[nH]1. The Kier molecular flexibility index (Phi) is 4.21. The number of rotatable bonds is 6. The molecule has 0 radical (unpaired) electrons. The van der Waals surface area contributed by atoms with Crippen molar-refractivity contribution in [3.8, 4) is 0 Å². The molecule has 16 heavy (non-hydrogen) atoms. The summed E-state index contributed by atoms with van der Waals surface area (Å²) in [7, 11) is 0. The zero-order valence-corrected chi connectivity index (χ0v) is 8.40. The molecule has 1 heterocycles. The number of H-pyrrole nitrogens is 1. The van der Waals surface area contributed by atoms with Crippen LogP contribution in [0.25, 0.3) is 0 Å². The summed E-state index contributed by atoms with van der Waals surface area (Å²) >= 11 is 0. The van der Waals surface area contributed by atoms with Gasteiger partial charge in [-0.2, -0.15) is 4.98 Å². The summed E-state index contributed by atoms with van der Waals surface area (Å²) in [5.74, 6) is -0.997. The normalized spacial score (nSPS) is 10.0. The minimum absolute atomic E-state index is 0.00451. The molecule has 6 N–H and O–H groups in total. The first-order valence-electron chi connectivity index (χ1n) is 4.41. The molecule has 0 aromatic carbocycles. The number of amides is 2. The van der Waals surface area contributed by atoms with Crippen molar-refractivity contribution >= 4 is 17.8 Å². The van der Waals surface area contributed by atoms with Crippen LogP contribution < -0.4 is 16.8 Å². The molecule has 0 saturated heterocycles. The quantitative estimate of drug-likeness (QED) is 0.399. The standard InChI is InChI=1S/C7H12N6O3/c8-4(14)3-16-2-1-10-6(15)5-11-7(9)13-12-5/h1-3H2,(H2,8,14)(H,10,15)(H3,9,11,12,13). The molecule has 1 aromatic heterocycles. The van der Waals surface area contributed by atoms with E-state index in [9.17, 15) is 9.59 Å². The smallest absolute Gasteiger partial charge is 0.288 e. The average Bonchev–Trinajstić information content (AvgIpc) is 2.63. The number of carbonyl (C=O) groups is 2. The molecule has 0 aliphatic carbocycles. The van der Waals surface area contributed by atoms with Gasteiger partial charge in [0.05, 0.1) is 6.61 Å². The second-order valence-corrected chi connectivity index (χ2v) is 2.82. The Morgan fingerprint density at radius 3 is 2.81 bits per heavy atom. The van der Waals surface area contributed by atoms with E-state index >= 15 is 0 Å². The summed E-state index contributed by atoms with van der Waals surface area (Å²) in [6.45, 7) is 0.232. The molecule has 0 bridgehead atoms. The number of ether oxygens (including phenoxy) is 1. The van der Waals surface area contributed by atoms with Crippen molar-refractivity contribution in [1.29, 1.82) is 0 Å². The number of nitrogen functional groups attached to an aromatic ring is 1. The molecule has 1 aromatic rings. The van der Waals surface area contributed by atoms with Gasteiger partial charge in [-0.3, -0.25) is 14.7 Å². The van der Waals surface area contributed by atoms with Crippen LogP contribution in [0, 0.1) is 0 Å². The summed E-state index contributed by atoms with van der Waals surface area (Å²) < 4.78 is 4.83. The Bertz CT molecular complexity index is 376. The maximum Gasteiger partial charge on any atom is 0.288 e. The predicted octanol–water partition coefficient (Wildman–Crippen LogP) is -2.38. The van der Waals surface area contributed by atoms with E-state index in [1.54, 1.807) is 0 Å². The number of nitrogens with two attached hydrogens (primary N) is 2. The van der Waals surface area contributed by atoms with E-state index < -0.39 is 11.8 Å². The van der Waals surface area contributed by atoms with Gasteiger partial charge in [-0.05, 0) is 0 Å². The first-order valence-corrected chi connectivity index (χ1v) is 4.41. The molecule has 0 aliphatic heterocycles. The van der Waals surface area contributed by atoms with E-state index in [1.807, 2.05) is 0 Å². The molecule has 0 saturated carbocycles. The monoisotopic (exact) mass is 228 g/mol. The van der Waals surface area contributed by atoms with Gasteiger partial charge in [0.25, 0.3) is 5.91 Å². The molecule has 9 heteroatoms. The summed E-state index contributed by atoms with van der Waals surface area (Å²) in [6, 6.07) is 0. The number of primary amides is 1. The minimum Gasteiger partial charge on any atom is -0.370 e. The molecule has 0 fully saturated rings. The van der Waals surface area contributed by atoms with Gasteiger partial charge in [0.15, 0.2) is 0 Å². The van der Waals surface area contributed by atoms with E-state index in [-0.39, 0.29) is 31.5 Å². The van der Waals surface area contributed by atoms with Crippen LogP contribution in [0.3, 0.4) is 0 Å². The Morgan fingerprint density at radius 2 is 2.25 bits per heavy atom. The lowest BCUT2D eigenvalue weighted by molar-refractivity contribution is -0.122. The van der Waals surface area contributed by atoms with E-state index in [0.717, 1.165) is 0 Å². The zero-order chi connectivity index (χ0) is 12.0. The second kappa shape index (κ2) is 5.66. The highest BCUT2D eigenvalue weighted by Crippen LogP contribution is 1.91. The third kappa shape index (κ3) is 3.92. The molecule has 0 spiro atoms. The summed E-state index contributed by atoms with van der Waals surface area (Å²) in [5.41, 5.74) is 10.1. The van der Waals surface area contributed by atoms with E-state index in [1.165, 1.54) is 0 Å².